The quantitative estimate of drug-likeness (QED) is 0.613. The van der Waals surface area contributed by atoms with Crippen LogP contribution < -0.4 is 10.5 Å². The van der Waals surface area contributed by atoms with Gasteiger partial charge in [-0.2, -0.15) is 13.7 Å². The van der Waals surface area contributed by atoms with Crippen molar-refractivity contribution in [3.63, 3.8) is 0 Å². The SMILES string of the molecule is CCc1ncnc(O[C@@H]2CCN(S(=O)(=O)c3ccc4oc(=O)n(C)c4c3)C2)c1F. The van der Waals surface area contributed by atoms with E-state index in [-0.39, 0.29) is 29.6 Å². The van der Waals surface area contributed by atoms with Crippen molar-refractivity contribution in [1.29, 1.82) is 0 Å². The molecule has 11 heteroatoms. The van der Waals surface area contributed by atoms with E-state index in [4.69, 9.17) is 9.15 Å². The lowest BCUT2D eigenvalue weighted by atomic mass is 10.3. The topological polar surface area (TPSA) is 108 Å². The van der Waals surface area contributed by atoms with E-state index >= 15 is 0 Å². The number of nitrogens with zero attached hydrogens (tertiary/aromatic N) is 4. The Bertz CT molecular complexity index is 1240. The summed E-state index contributed by atoms with van der Waals surface area (Å²) in [6, 6.07) is 4.25. The number of fused-ring (bicyclic) bond motifs is 1. The summed E-state index contributed by atoms with van der Waals surface area (Å²) in [4.78, 5) is 19.3. The van der Waals surface area contributed by atoms with Gasteiger partial charge in [-0.25, -0.2) is 18.2 Å². The van der Waals surface area contributed by atoms with Gasteiger partial charge >= 0.3 is 5.76 Å². The third-order valence-electron chi connectivity index (χ3n) is 4.95. The van der Waals surface area contributed by atoms with Crippen LogP contribution >= 0.6 is 0 Å². The first kappa shape index (κ1) is 19.5. The third kappa shape index (κ3) is 3.40. The van der Waals surface area contributed by atoms with Crippen LogP contribution in [-0.2, 0) is 23.5 Å². The minimum atomic E-state index is -3.82. The van der Waals surface area contributed by atoms with E-state index in [2.05, 4.69) is 9.97 Å². The summed E-state index contributed by atoms with van der Waals surface area (Å²) in [5.74, 6) is -1.36. The van der Waals surface area contributed by atoms with Crippen LogP contribution in [0.25, 0.3) is 11.1 Å². The Morgan fingerprint density at radius 1 is 1.34 bits per heavy atom. The van der Waals surface area contributed by atoms with Gasteiger partial charge in [-0.15, -0.1) is 0 Å². The molecule has 154 valence electrons. The minimum absolute atomic E-state index is 0.0449. The van der Waals surface area contributed by atoms with Crippen LogP contribution in [0.4, 0.5) is 4.39 Å². The molecule has 0 saturated carbocycles. The fraction of sp³-hybridized carbons (Fsp3) is 0.389. The van der Waals surface area contributed by atoms with Crippen molar-refractivity contribution in [2.75, 3.05) is 13.1 Å². The van der Waals surface area contributed by atoms with E-state index in [1.165, 1.54) is 40.4 Å². The first-order valence-corrected chi connectivity index (χ1v) is 10.5. The zero-order valence-electron chi connectivity index (χ0n) is 15.8. The monoisotopic (exact) mass is 422 g/mol. The second-order valence-corrected chi connectivity index (χ2v) is 8.68. The standard InChI is InChI=1S/C18H19FN4O5S/c1-3-13-16(19)17(21-10-20-13)27-11-6-7-23(9-11)29(25,26)12-4-5-15-14(8-12)22(2)18(24)28-15/h4-5,8,10-11H,3,6-7,9H2,1-2H3/t11-/m1/s1. The molecular weight excluding hydrogens is 403 g/mol. The van der Waals surface area contributed by atoms with Crippen molar-refractivity contribution in [2.45, 2.75) is 30.8 Å². The molecule has 0 bridgehead atoms. The van der Waals surface area contributed by atoms with Gasteiger partial charge in [-0.05, 0) is 31.0 Å². The molecule has 0 amide bonds. The Morgan fingerprint density at radius 2 is 2.14 bits per heavy atom. The van der Waals surface area contributed by atoms with Crippen LogP contribution in [0.15, 0.2) is 38.6 Å². The zero-order valence-corrected chi connectivity index (χ0v) is 16.6. The van der Waals surface area contributed by atoms with Crippen LogP contribution in [-0.4, -0.2) is 46.5 Å². The van der Waals surface area contributed by atoms with E-state index in [9.17, 15) is 17.6 Å². The van der Waals surface area contributed by atoms with Crippen LogP contribution in [0.5, 0.6) is 5.88 Å². The summed E-state index contributed by atoms with van der Waals surface area (Å²) in [6.07, 6.45) is 1.50. The average molecular weight is 422 g/mol. The summed E-state index contributed by atoms with van der Waals surface area (Å²) in [5, 5.41) is 0. The molecule has 1 aliphatic heterocycles. The summed E-state index contributed by atoms with van der Waals surface area (Å²) >= 11 is 0. The van der Waals surface area contributed by atoms with Gasteiger partial charge in [0.2, 0.25) is 15.8 Å². The molecule has 1 aliphatic rings. The first-order valence-electron chi connectivity index (χ1n) is 9.07. The van der Waals surface area contributed by atoms with E-state index < -0.39 is 27.7 Å². The average Bonchev–Trinajstić information content (AvgIpc) is 3.28. The molecule has 3 aromatic rings. The number of sulfonamides is 1. The first-order chi connectivity index (χ1) is 13.8. The number of rotatable bonds is 5. The van der Waals surface area contributed by atoms with Gasteiger partial charge < -0.3 is 9.15 Å². The molecule has 0 N–H and O–H groups in total. The molecule has 1 atom stereocenters. The number of hydrogen-bond acceptors (Lipinski definition) is 7. The highest BCUT2D eigenvalue weighted by atomic mass is 32.2. The highest BCUT2D eigenvalue weighted by molar-refractivity contribution is 7.89. The number of ether oxygens (including phenoxy) is 1. The Kier molecular flexibility index (Phi) is 4.87. The normalized spacial score (nSPS) is 17.8. The van der Waals surface area contributed by atoms with Gasteiger partial charge in [0.1, 0.15) is 12.4 Å². The Balaban J connectivity index is 1.55. The maximum atomic E-state index is 14.3. The smallest absolute Gasteiger partial charge is 0.419 e. The molecular formula is C18H19FN4O5S. The van der Waals surface area contributed by atoms with E-state index in [1.54, 1.807) is 6.92 Å². The molecule has 4 rings (SSSR count). The van der Waals surface area contributed by atoms with Crippen LogP contribution in [0.2, 0.25) is 0 Å². The number of aryl methyl sites for hydroxylation is 2. The molecule has 0 unspecified atom stereocenters. The lowest BCUT2D eigenvalue weighted by molar-refractivity contribution is 0.195. The molecule has 9 nitrogen and oxygen atoms in total. The number of halogens is 1. The summed E-state index contributed by atoms with van der Waals surface area (Å²) in [6.45, 7) is 2.06. The number of oxazole rings is 1. The molecule has 1 fully saturated rings. The minimum Gasteiger partial charge on any atom is -0.471 e. The molecule has 2 aromatic heterocycles. The van der Waals surface area contributed by atoms with Crippen molar-refractivity contribution >= 4 is 21.1 Å². The predicted octanol–water partition coefficient (Wildman–Crippen LogP) is 1.46. The lowest BCUT2D eigenvalue weighted by Crippen LogP contribution is -2.31. The molecule has 1 saturated heterocycles. The molecule has 0 radical (unpaired) electrons. The fourth-order valence-electron chi connectivity index (χ4n) is 3.30. The summed E-state index contributed by atoms with van der Waals surface area (Å²) < 4.78 is 53.5. The number of aromatic nitrogens is 3. The van der Waals surface area contributed by atoms with Gasteiger partial charge in [0.05, 0.1) is 22.7 Å². The van der Waals surface area contributed by atoms with Crippen LogP contribution in [0.1, 0.15) is 19.0 Å². The van der Waals surface area contributed by atoms with Crippen molar-refractivity contribution in [1.82, 2.24) is 18.8 Å². The van der Waals surface area contributed by atoms with Gasteiger partial charge in [0.15, 0.2) is 5.58 Å². The highest BCUT2D eigenvalue weighted by Gasteiger charge is 2.34. The maximum absolute atomic E-state index is 14.3. The molecule has 0 spiro atoms. The van der Waals surface area contributed by atoms with Crippen molar-refractivity contribution in [3.05, 3.63) is 46.6 Å². The Hall–Kier alpha value is -2.79. The number of hydrogen-bond donors (Lipinski definition) is 0. The lowest BCUT2D eigenvalue weighted by Gasteiger charge is -2.17. The summed E-state index contributed by atoms with van der Waals surface area (Å²) in [5.41, 5.74) is 0.944. The second kappa shape index (κ2) is 7.23. The molecule has 3 heterocycles. The Morgan fingerprint density at radius 3 is 2.90 bits per heavy atom. The maximum Gasteiger partial charge on any atom is 0.419 e. The van der Waals surface area contributed by atoms with E-state index in [0.717, 1.165) is 0 Å². The van der Waals surface area contributed by atoms with Gasteiger partial charge in [0.25, 0.3) is 5.88 Å². The zero-order chi connectivity index (χ0) is 20.8. The summed E-state index contributed by atoms with van der Waals surface area (Å²) in [7, 11) is -2.31. The predicted molar refractivity (Wildman–Crippen MR) is 101 cm³/mol. The largest absolute Gasteiger partial charge is 0.471 e. The highest BCUT2D eigenvalue weighted by Crippen LogP contribution is 2.26. The molecule has 0 aliphatic carbocycles. The molecule has 1 aromatic carbocycles. The van der Waals surface area contributed by atoms with Gasteiger partial charge in [-0.1, -0.05) is 6.92 Å². The number of benzene rings is 1. The Labute approximate surface area is 165 Å². The van der Waals surface area contributed by atoms with E-state index in [0.29, 0.717) is 23.9 Å². The third-order valence-corrected chi connectivity index (χ3v) is 6.81. The van der Waals surface area contributed by atoms with Crippen LogP contribution in [0, 0.1) is 5.82 Å². The van der Waals surface area contributed by atoms with Crippen LogP contribution in [0.3, 0.4) is 0 Å². The van der Waals surface area contributed by atoms with Crippen molar-refractivity contribution in [2.24, 2.45) is 7.05 Å². The fourth-order valence-corrected chi connectivity index (χ4v) is 4.81. The molecule has 29 heavy (non-hydrogen) atoms. The van der Waals surface area contributed by atoms with Crippen molar-refractivity contribution in [3.8, 4) is 5.88 Å². The van der Waals surface area contributed by atoms with Crippen molar-refractivity contribution < 1.29 is 22.0 Å². The van der Waals surface area contributed by atoms with Gasteiger partial charge in [-0.3, -0.25) is 4.57 Å². The van der Waals surface area contributed by atoms with E-state index in [1.807, 2.05) is 0 Å². The second-order valence-electron chi connectivity index (χ2n) is 6.74. The van der Waals surface area contributed by atoms with Gasteiger partial charge in [0, 0.05) is 13.6 Å².